The third-order valence-corrected chi connectivity index (χ3v) is 3.51. The Labute approximate surface area is 100 Å². The van der Waals surface area contributed by atoms with Gasteiger partial charge in [0, 0.05) is 10.9 Å². The van der Waals surface area contributed by atoms with Crippen LogP contribution in [0.4, 0.5) is 0 Å². The molecule has 0 aliphatic heterocycles. The molecule has 0 aromatic carbocycles. The molecule has 0 aliphatic rings. The summed E-state index contributed by atoms with van der Waals surface area (Å²) < 4.78 is 0. The molecule has 4 nitrogen and oxygen atoms in total. The van der Waals surface area contributed by atoms with Gasteiger partial charge in [-0.25, -0.2) is 4.98 Å². The minimum atomic E-state index is -0.663. The quantitative estimate of drug-likeness (QED) is 0.727. The first-order valence-corrected chi connectivity index (χ1v) is 6.17. The Hall–Kier alpha value is -0.490. The number of hydrogen-bond donors (Lipinski definition) is 3. The first kappa shape index (κ1) is 13.6. The third kappa shape index (κ3) is 3.01. The highest BCUT2D eigenvalue weighted by atomic mass is 32.1. The molecular weight excluding hydrogens is 224 g/mol. The number of aliphatic hydroxyl groups excluding tert-OH is 2. The molecule has 3 N–H and O–H groups in total. The van der Waals surface area contributed by atoms with Crippen LogP contribution < -0.4 is 5.32 Å². The van der Waals surface area contributed by atoms with Gasteiger partial charge in [0.05, 0.1) is 29.5 Å². The second kappa shape index (κ2) is 5.23. The maximum Gasteiger partial charge on any atom is 0.0900 e. The monoisotopic (exact) mass is 244 g/mol. The van der Waals surface area contributed by atoms with E-state index in [4.69, 9.17) is 0 Å². The van der Waals surface area contributed by atoms with Crippen LogP contribution in [0, 0.1) is 13.8 Å². The lowest BCUT2D eigenvalue weighted by atomic mass is 10.0. The number of aromatic nitrogens is 1. The molecule has 0 aliphatic carbocycles. The second-order valence-electron chi connectivity index (χ2n) is 4.42. The first-order valence-electron chi connectivity index (χ1n) is 5.35. The van der Waals surface area contributed by atoms with Crippen LogP contribution in [0.15, 0.2) is 0 Å². The fourth-order valence-corrected chi connectivity index (χ4v) is 2.59. The molecular formula is C11H20N2O2S. The Morgan fingerprint density at radius 3 is 2.31 bits per heavy atom. The van der Waals surface area contributed by atoms with E-state index in [2.05, 4.69) is 10.3 Å². The summed E-state index contributed by atoms with van der Waals surface area (Å²) in [6.45, 7) is 7.59. The molecule has 1 rings (SSSR count). The lowest BCUT2D eigenvalue weighted by Crippen LogP contribution is -2.50. The smallest absolute Gasteiger partial charge is 0.0900 e. The average molecular weight is 244 g/mol. The summed E-state index contributed by atoms with van der Waals surface area (Å²) in [5, 5.41) is 22.7. The van der Waals surface area contributed by atoms with Gasteiger partial charge in [0.15, 0.2) is 0 Å². The third-order valence-electron chi connectivity index (χ3n) is 2.61. The van der Waals surface area contributed by atoms with Crippen LogP contribution in [0.25, 0.3) is 0 Å². The van der Waals surface area contributed by atoms with Gasteiger partial charge in [-0.15, -0.1) is 11.3 Å². The molecule has 0 bridgehead atoms. The summed E-state index contributed by atoms with van der Waals surface area (Å²) in [5.41, 5.74) is 0.333. The number of rotatable bonds is 5. The van der Waals surface area contributed by atoms with Gasteiger partial charge >= 0.3 is 0 Å². The van der Waals surface area contributed by atoms with E-state index in [0.717, 1.165) is 10.7 Å². The van der Waals surface area contributed by atoms with Crippen LogP contribution in [0.1, 0.15) is 35.5 Å². The molecule has 0 radical (unpaired) electrons. The Kier molecular flexibility index (Phi) is 4.43. The SMILES string of the molecule is Cc1nc(C(C)NC(C)(CO)CO)c(C)s1. The molecule has 1 aromatic heterocycles. The van der Waals surface area contributed by atoms with E-state index in [1.54, 1.807) is 18.3 Å². The van der Waals surface area contributed by atoms with Gasteiger partial charge in [-0.05, 0) is 27.7 Å². The summed E-state index contributed by atoms with van der Waals surface area (Å²) in [4.78, 5) is 5.63. The summed E-state index contributed by atoms with van der Waals surface area (Å²) >= 11 is 1.66. The van der Waals surface area contributed by atoms with Crippen molar-refractivity contribution in [1.29, 1.82) is 0 Å². The maximum absolute atomic E-state index is 9.22. The zero-order chi connectivity index (χ0) is 12.3. The molecule has 1 aromatic rings. The molecule has 92 valence electrons. The summed E-state index contributed by atoms with van der Waals surface area (Å²) in [6, 6.07) is 0.0225. The van der Waals surface area contributed by atoms with Crippen molar-refractivity contribution in [2.45, 2.75) is 39.3 Å². The van der Waals surface area contributed by atoms with Gasteiger partial charge < -0.3 is 10.2 Å². The van der Waals surface area contributed by atoms with E-state index < -0.39 is 5.54 Å². The zero-order valence-electron chi connectivity index (χ0n) is 10.2. The normalized spacial score (nSPS) is 14.1. The number of hydrogen-bond acceptors (Lipinski definition) is 5. The lowest BCUT2D eigenvalue weighted by Gasteiger charge is -2.30. The van der Waals surface area contributed by atoms with Gasteiger partial charge in [0.25, 0.3) is 0 Å². The molecule has 0 saturated carbocycles. The number of aryl methyl sites for hydroxylation is 2. The Bertz CT molecular complexity index is 348. The molecule has 0 saturated heterocycles. The van der Waals surface area contributed by atoms with Gasteiger partial charge in [0.1, 0.15) is 0 Å². The van der Waals surface area contributed by atoms with Crippen molar-refractivity contribution < 1.29 is 10.2 Å². The Morgan fingerprint density at radius 2 is 1.94 bits per heavy atom. The predicted octanol–water partition coefficient (Wildman–Crippen LogP) is 1.15. The maximum atomic E-state index is 9.22. The summed E-state index contributed by atoms with van der Waals surface area (Å²) in [5.74, 6) is 0. The number of nitrogens with zero attached hydrogens (tertiary/aromatic N) is 1. The number of thiazole rings is 1. The van der Waals surface area contributed by atoms with Gasteiger partial charge in [-0.3, -0.25) is 5.32 Å². The van der Waals surface area contributed by atoms with Gasteiger partial charge in [-0.1, -0.05) is 0 Å². The van der Waals surface area contributed by atoms with Crippen molar-refractivity contribution in [2.75, 3.05) is 13.2 Å². The van der Waals surface area contributed by atoms with Crippen molar-refractivity contribution in [3.8, 4) is 0 Å². The highest BCUT2D eigenvalue weighted by Gasteiger charge is 2.26. The minimum absolute atomic E-state index is 0.0225. The average Bonchev–Trinajstić information content (AvgIpc) is 2.57. The van der Waals surface area contributed by atoms with Crippen LogP contribution >= 0.6 is 11.3 Å². The molecule has 16 heavy (non-hydrogen) atoms. The fraction of sp³-hybridized carbons (Fsp3) is 0.727. The van der Waals surface area contributed by atoms with Gasteiger partial charge in [0.2, 0.25) is 0 Å². The van der Waals surface area contributed by atoms with Crippen molar-refractivity contribution in [3.05, 3.63) is 15.6 Å². The molecule has 0 amide bonds. The molecule has 1 atom stereocenters. The van der Waals surface area contributed by atoms with Crippen LogP contribution in [0.2, 0.25) is 0 Å². The highest BCUT2D eigenvalue weighted by molar-refractivity contribution is 7.11. The molecule has 5 heteroatoms. The Morgan fingerprint density at radius 1 is 1.38 bits per heavy atom. The molecule has 1 unspecified atom stereocenters. The standard InChI is InChI=1S/C11H20N2O2S/c1-7(13-11(4,5-14)6-15)10-8(2)16-9(3)12-10/h7,13-15H,5-6H2,1-4H3. The number of aliphatic hydroxyl groups is 2. The fourth-order valence-electron chi connectivity index (χ4n) is 1.68. The molecule has 0 fully saturated rings. The van der Waals surface area contributed by atoms with E-state index in [9.17, 15) is 10.2 Å². The summed E-state index contributed by atoms with van der Waals surface area (Å²) in [6.07, 6.45) is 0. The molecule has 0 spiro atoms. The lowest BCUT2D eigenvalue weighted by molar-refractivity contribution is 0.0953. The van der Waals surface area contributed by atoms with E-state index in [0.29, 0.717) is 0 Å². The summed E-state index contributed by atoms with van der Waals surface area (Å²) in [7, 11) is 0. The van der Waals surface area contributed by atoms with Crippen molar-refractivity contribution in [2.24, 2.45) is 0 Å². The first-order chi connectivity index (χ1) is 7.41. The Balaban J connectivity index is 2.79. The highest BCUT2D eigenvalue weighted by Crippen LogP contribution is 2.23. The topological polar surface area (TPSA) is 65.4 Å². The largest absolute Gasteiger partial charge is 0.394 e. The van der Waals surface area contributed by atoms with Crippen LogP contribution in [-0.2, 0) is 0 Å². The van der Waals surface area contributed by atoms with E-state index >= 15 is 0 Å². The second-order valence-corrected chi connectivity index (χ2v) is 5.82. The van der Waals surface area contributed by atoms with E-state index in [1.165, 1.54) is 4.88 Å². The van der Waals surface area contributed by atoms with Crippen LogP contribution in [0.5, 0.6) is 0 Å². The number of nitrogens with one attached hydrogen (secondary N) is 1. The predicted molar refractivity (Wildman–Crippen MR) is 65.7 cm³/mol. The van der Waals surface area contributed by atoms with Crippen molar-refractivity contribution in [3.63, 3.8) is 0 Å². The van der Waals surface area contributed by atoms with Gasteiger partial charge in [-0.2, -0.15) is 0 Å². The van der Waals surface area contributed by atoms with Crippen LogP contribution in [-0.4, -0.2) is 33.9 Å². The van der Waals surface area contributed by atoms with E-state index in [1.807, 2.05) is 20.8 Å². The van der Waals surface area contributed by atoms with Crippen LogP contribution in [0.3, 0.4) is 0 Å². The van der Waals surface area contributed by atoms with E-state index in [-0.39, 0.29) is 19.3 Å². The zero-order valence-corrected chi connectivity index (χ0v) is 11.1. The molecule has 1 heterocycles. The van der Waals surface area contributed by atoms with Crippen molar-refractivity contribution in [1.82, 2.24) is 10.3 Å². The van der Waals surface area contributed by atoms with Crippen molar-refractivity contribution >= 4 is 11.3 Å². The minimum Gasteiger partial charge on any atom is -0.394 e.